The van der Waals surface area contributed by atoms with E-state index in [2.05, 4.69) is 5.32 Å². The van der Waals surface area contributed by atoms with E-state index in [1.807, 2.05) is 0 Å². The van der Waals surface area contributed by atoms with Crippen LogP contribution in [0.5, 0.6) is 11.5 Å². The number of hydrogen-bond acceptors (Lipinski definition) is 6. The van der Waals surface area contributed by atoms with Crippen molar-refractivity contribution in [3.8, 4) is 11.5 Å². The molecule has 0 saturated heterocycles. The monoisotopic (exact) mass is 348 g/mol. The molecule has 0 fully saturated rings. The molecule has 0 radical (unpaired) electrons. The molecular weight excluding hydrogens is 332 g/mol. The van der Waals surface area contributed by atoms with Crippen LogP contribution in [0.1, 0.15) is 25.5 Å². The Morgan fingerprint density at radius 2 is 2.04 bits per heavy atom. The highest BCUT2D eigenvalue weighted by atomic mass is 32.1. The number of fused-ring (bicyclic) bond motifs is 1. The first-order valence-corrected chi connectivity index (χ1v) is 7.64. The maximum absolute atomic E-state index is 12.3. The number of benzene rings is 1. The molecule has 0 saturated carbocycles. The number of amides is 1. The molecule has 2 aliphatic rings. The summed E-state index contributed by atoms with van der Waals surface area (Å²) in [7, 11) is 1.30. The minimum absolute atomic E-state index is 0.137. The van der Waals surface area contributed by atoms with Crippen molar-refractivity contribution in [1.82, 2.24) is 10.2 Å². The van der Waals surface area contributed by atoms with E-state index in [9.17, 15) is 9.59 Å². The Morgan fingerprint density at radius 1 is 1.33 bits per heavy atom. The van der Waals surface area contributed by atoms with Crippen molar-refractivity contribution < 1.29 is 23.8 Å². The van der Waals surface area contributed by atoms with Crippen molar-refractivity contribution in [2.24, 2.45) is 0 Å². The van der Waals surface area contributed by atoms with Gasteiger partial charge in [0, 0.05) is 12.6 Å². The van der Waals surface area contributed by atoms with Gasteiger partial charge in [0.1, 0.15) is 0 Å². The summed E-state index contributed by atoms with van der Waals surface area (Å²) in [6, 6.07) is 4.56. The van der Waals surface area contributed by atoms with Crippen LogP contribution in [0.2, 0.25) is 0 Å². The lowest BCUT2D eigenvalue weighted by Crippen LogP contribution is -2.50. The largest absolute Gasteiger partial charge is 0.466 e. The van der Waals surface area contributed by atoms with Gasteiger partial charge in [-0.2, -0.15) is 0 Å². The molecule has 3 rings (SSSR count). The van der Waals surface area contributed by atoms with Crippen LogP contribution in [-0.2, 0) is 14.3 Å². The van der Waals surface area contributed by atoms with Crippen LogP contribution < -0.4 is 14.8 Å². The van der Waals surface area contributed by atoms with Crippen molar-refractivity contribution in [1.29, 1.82) is 0 Å². The molecule has 0 spiro atoms. The zero-order valence-electron chi connectivity index (χ0n) is 13.4. The van der Waals surface area contributed by atoms with E-state index in [0.29, 0.717) is 28.3 Å². The van der Waals surface area contributed by atoms with Crippen LogP contribution >= 0.6 is 12.2 Å². The number of thiocarbonyl (C=S) groups is 1. The highest BCUT2D eigenvalue weighted by Gasteiger charge is 2.39. The van der Waals surface area contributed by atoms with Gasteiger partial charge in [-0.1, -0.05) is 6.07 Å². The average molecular weight is 348 g/mol. The molecule has 0 aromatic heterocycles. The Morgan fingerprint density at radius 3 is 2.71 bits per heavy atom. The fraction of sp³-hybridized carbons (Fsp3) is 0.312. The van der Waals surface area contributed by atoms with E-state index >= 15 is 0 Å². The third kappa shape index (κ3) is 2.58. The number of carbonyl (C=O) groups excluding carboxylic acids is 2. The van der Waals surface area contributed by atoms with Crippen molar-refractivity contribution in [2.45, 2.75) is 19.9 Å². The summed E-state index contributed by atoms with van der Waals surface area (Å²) < 4.78 is 15.6. The lowest BCUT2D eigenvalue weighted by molar-refractivity contribution is -0.137. The maximum Gasteiger partial charge on any atom is 0.337 e. The second kappa shape index (κ2) is 6.12. The fourth-order valence-electron chi connectivity index (χ4n) is 2.84. The second-order valence-electron chi connectivity index (χ2n) is 5.36. The fourth-order valence-corrected chi connectivity index (χ4v) is 3.22. The van der Waals surface area contributed by atoms with Crippen LogP contribution in [0.3, 0.4) is 0 Å². The Bertz CT molecular complexity index is 774. The minimum Gasteiger partial charge on any atom is -0.466 e. The summed E-state index contributed by atoms with van der Waals surface area (Å²) >= 11 is 5.28. The van der Waals surface area contributed by atoms with Crippen LogP contribution in [0.25, 0.3) is 0 Å². The Hall–Kier alpha value is -2.61. The highest BCUT2D eigenvalue weighted by molar-refractivity contribution is 7.80. The SMILES string of the molecule is COC(=O)C1=C(C)NC(=S)N(C(C)=O)[C@@H]1c1ccc2c(c1)OCO2. The molecule has 8 heteroatoms. The molecule has 0 bridgehead atoms. The first-order chi connectivity index (χ1) is 11.4. The molecule has 0 aliphatic carbocycles. The highest BCUT2D eigenvalue weighted by Crippen LogP contribution is 2.40. The number of allylic oxidation sites excluding steroid dienone is 1. The van der Waals surface area contributed by atoms with Gasteiger partial charge in [0.05, 0.1) is 18.7 Å². The van der Waals surface area contributed by atoms with Gasteiger partial charge >= 0.3 is 5.97 Å². The Kier molecular flexibility index (Phi) is 4.15. The number of carbonyl (C=O) groups is 2. The normalized spacial score (nSPS) is 19.2. The maximum atomic E-state index is 12.3. The van der Waals surface area contributed by atoms with Gasteiger partial charge in [0.25, 0.3) is 0 Å². The number of ether oxygens (including phenoxy) is 3. The Balaban J connectivity index is 2.16. The zero-order chi connectivity index (χ0) is 17.4. The molecule has 2 aliphatic heterocycles. The first-order valence-electron chi connectivity index (χ1n) is 7.23. The van der Waals surface area contributed by atoms with Gasteiger partial charge < -0.3 is 19.5 Å². The van der Waals surface area contributed by atoms with E-state index in [1.54, 1.807) is 25.1 Å². The van der Waals surface area contributed by atoms with E-state index < -0.39 is 12.0 Å². The van der Waals surface area contributed by atoms with Gasteiger partial charge in [-0.3, -0.25) is 9.69 Å². The summed E-state index contributed by atoms with van der Waals surface area (Å²) in [6.45, 7) is 3.25. The number of rotatable bonds is 2. The van der Waals surface area contributed by atoms with Gasteiger partial charge in [-0.25, -0.2) is 4.79 Å². The van der Waals surface area contributed by atoms with E-state index in [1.165, 1.54) is 18.9 Å². The third-order valence-electron chi connectivity index (χ3n) is 3.91. The predicted molar refractivity (Wildman–Crippen MR) is 88.3 cm³/mol. The van der Waals surface area contributed by atoms with Crippen molar-refractivity contribution in [2.75, 3.05) is 13.9 Å². The molecular formula is C16H16N2O5S. The average Bonchev–Trinajstić information content (AvgIpc) is 3.00. The quantitative estimate of drug-likeness (QED) is 0.643. The van der Waals surface area contributed by atoms with Crippen molar-refractivity contribution in [3.05, 3.63) is 35.0 Å². The molecule has 1 amide bonds. The molecule has 126 valence electrons. The van der Waals surface area contributed by atoms with Gasteiger partial charge in [-0.05, 0) is 36.8 Å². The molecule has 1 N–H and O–H groups in total. The minimum atomic E-state index is -0.696. The standard InChI is InChI=1S/C16H16N2O5S/c1-8-13(15(20)21-3)14(18(9(2)19)16(24)17-8)10-4-5-11-12(6-10)23-7-22-11/h4-6,14H,7H2,1-3H3,(H,17,24)/t14-/m1/s1. The summed E-state index contributed by atoms with van der Waals surface area (Å²) in [6.07, 6.45) is 0. The van der Waals surface area contributed by atoms with Crippen LogP contribution in [-0.4, -0.2) is 35.8 Å². The second-order valence-corrected chi connectivity index (χ2v) is 5.75. The number of nitrogens with zero attached hydrogens (tertiary/aromatic N) is 1. The summed E-state index contributed by atoms with van der Waals surface area (Å²) in [5.41, 5.74) is 1.55. The molecule has 7 nitrogen and oxygen atoms in total. The topological polar surface area (TPSA) is 77.1 Å². The number of esters is 1. The third-order valence-corrected chi connectivity index (χ3v) is 4.20. The van der Waals surface area contributed by atoms with E-state index in [0.717, 1.165) is 0 Å². The molecule has 1 aromatic carbocycles. The molecule has 1 atom stereocenters. The van der Waals surface area contributed by atoms with Crippen molar-refractivity contribution in [3.63, 3.8) is 0 Å². The van der Waals surface area contributed by atoms with Gasteiger partial charge in [0.15, 0.2) is 16.6 Å². The zero-order valence-corrected chi connectivity index (χ0v) is 14.2. The van der Waals surface area contributed by atoms with Gasteiger partial charge in [-0.15, -0.1) is 0 Å². The summed E-state index contributed by atoms with van der Waals surface area (Å²) in [5.74, 6) is 0.354. The smallest absolute Gasteiger partial charge is 0.337 e. The molecule has 24 heavy (non-hydrogen) atoms. The number of hydrogen-bond donors (Lipinski definition) is 1. The van der Waals surface area contributed by atoms with Crippen molar-refractivity contribution >= 4 is 29.2 Å². The molecule has 1 aromatic rings. The summed E-state index contributed by atoms with van der Waals surface area (Å²) in [4.78, 5) is 25.8. The lowest BCUT2D eigenvalue weighted by Gasteiger charge is -2.37. The predicted octanol–water partition coefficient (Wildman–Crippen LogP) is 1.64. The Labute approximate surface area is 144 Å². The number of nitrogens with one attached hydrogen (secondary N) is 1. The molecule has 2 heterocycles. The van der Waals surface area contributed by atoms with Crippen LogP contribution in [0.4, 0.5) is 0 Å². The number of methoxy groups -OCH3 is 1. The first kappa shape index (κ1) is 16.3. The van der Waals surface area contributed by atoms with Crippen LogP contribution in [0.15, 0.2) is 29.5 Å². The summed E-state index contributed by atoms with van der Waals surface area (Å²) in [5, 5.41) is 3.12. The van der Waals surface area contributed by atoms with Gasteiger partial charge in [0.2, 0.25) is 12.7 Å². The van der Waals surface area contributed by atoms with Crippen LogP contribution in [0, 0.1) is 0 Å². The molecule has 0 unspecified atom stereocenters. The lowest BCUT2D eigenvalue weighted by atomic mass is 9.93. The van der Waals surface area contributed by atoms with E-state index in [-0.39, 0.29) is 17.8 Å². The van der Waals surface area contributed by atoms with E-state index in [4.69, 9.17) is 26.4 Å².